The number of aromatic nitrogens is 1. The van der Waals surface area contributed by atoms with E-state index in [9.17, 15) is 14.4 Å². The lowest BCUT2D eigenvalue weighted by atomic mass is 10.1. The summed E-state index contributed by atoms with van der Waals surface area (Å²) in [4.78, 5) is 38.8. The molecule has 4 amide bonds. The number of rotatable bonds is 4. The number of imide groups is 2. The average molecular weight is 466 g/mol. The van der Waals surface area contributed by atoms with E-state index in [0.717, 1.165) is 15.1 Å². The van der Waals surface area contributed by atoms with Crippen molar-refractivity contribution in [1.29, 1.82) is 0 Å². The van der Waals surface area contributed by atoms with Crippen molar-refractivity contribution in [3.63, 3.8) is 0 Å². The predicted molar refractivity (Wildman–Crippen MR) is 115 cm³/mol. The molecule has 30 heavy (non-hydrogen) atoms. The Hall–Kier alpha value is -3.65. The van der Waals surface area contributed by atoms with Gasteiger partial charge in [0.05, 0.1) is 12.8 Å². The molecular weight excluding hydrogens is 450 g/mol. The van der Waals surface area contributed by atoms with Crippen LogP contribution in [0.15, 0.2) is 76.9 Å². The van der Waals surface area contributed by atoms with Gasteiger partial charge in [0, 0.05) is 22.1 Å². The Morgan fingerprint density at radius 1 is 0.933 bits per heavy atom. The Kier molecular flexibility index (Phi) is 5.24. The number of carbonyl (C=O) groups excluding carboxylic acids is 3. The largest absolute Gasteiger partial charge is 0.497 e. The molecule has 0 radical (unpaired) electrons. The van der Waals surface area contributed by atoms with E-state index in [1.165, 1.54) is 13.2 Å². The molecule has 1 N–H and O–H groups in total. The zero-order valence-electron chi connectivity index (χ0n) is 15.8. The van der Waals surface area contributed by atoms with Crippen LogP contribution in [0.4, 0.5) is 10.5 Å². The fourth-order valence-electron chi connectivity index (χ4n) is 3.12. The van der Waals surface area contributed by atoms with Gasteiger partial charge in [0.25, 0.3) is 11.8 Å². The van der Waals surface area contributed by atoms with Crippen molar-refractivity contribution >= 4 is 45.5 Å². The molecule has 1 aromatic heterocycles. The Balaban J connectivity index is 1.71. The van der Waals surface area contributed by atoms with Crippen molar-refractivity contribution in [3.8, 4) is 11.4 Å². The molecule has 0 spiro atoms. The zero-order valence-corrected chi connectivity index (χ0v) is 17.4. The van der Waals surface area contributed by atoms with E-state index < -0.39 is 17.8 Å². The SMILES string of the molecule is COc1ccc(N2C(=O)NC(=O)/C(=C/c3cccn3-c3ccc(Br)cc3)C2=O)cc1. The topological polar surface area (TPSA) is 80.6 Å². The first kappa shape index (κ1) is 19.7. The van der Waals surface area contributed by atoms with Gasteiger partial charge in [0.2, 0.25) is 0 Å². The van der Waals surface area contributed by atoms with Gasteiger partial charge in [-0.15, -0.1) is 0 Å². The first-order valence-electron chi connectivity index (χ1n) is 8.97. The summed E-state index contributed by atoms with van der Waals surface area (Å²) in [7, 11) is 1.52. The van der Waals surface area contributed by atoms with Crippen molar-refractivity contribution < 1.29 is 19.1 Å². The van der Waals surface area contributed by atoms with Crippen molar-refractivity contribution in [2.75, 3.05) is 12.0 Å². The summed E-state index contributed by atoms with van der Waals surface area (Å²) in [5.74, 6) is -0.849. The Morgan fingerprint density at radius 2 is 1.60 bits per heavy atom. The summed E-state index contributed by atoms with van der Waals surface area (Å²) in [5.41, 5.74) is 1.68. The fraction of sp³-hybridized carbons (Fsp3) is 0.0455. The molecule has 4 rings (SSSR count). The first-order valence-corrected chi connectivity index (χ1v) is 9.76. The molecule has 2 heterocycles. The normalized spacial score (nSPS) is 15.5. The van der Waals surface area contributed by atoms with Crippen molar-refractivity contribution in [2.45, 2.75) is 0 Å². The minimum Gasteiger partial charge on any atom is -0.497 e. The minimum absolute atomic E-state index is 0.137. The van der Waals surface area contributed by atoms with Gasteiger partial charge in [0.1, 0.15) is 11.3 Å². The van der Waals surface area contributed by atoms with E-state index in [1.54, 1.807) is 30.3 Å². The number of barbiturate groups is 1. The van der Waals surface area contributed by atoms with E-state index in [1.807, 2.05) is 41.1 Å². The maximum absolute atomic E-state index is 13.0. The molecule has 1 aliphatic heterocycles. The summed E-state index contributed by atoms with van der Waals surface area (Å²) in [6.07, 6.45) is 3.30. The number of ether oxygens (including phenoxy) is 1. The van der Waals surface area contributed by atoms with Gasteiger partial charge in [-0.25, -0.2) is 9.69 Å². The monoisotopic (exact) mass is 465 g/mol. The maximum Gasteiger partial charge on any atom is 0.335 e. The second kappa shape index (κ2) is 8.00. The summed E-state index contributed by atoms with van der Waals surface area (Å²) >= 11 is 3.40. The number of nitrogens with one attached hydrogen (secondary N) is 1. The maximum atomic E-state index is 13.0. The number of carbonyl (C=O) groups is 3. The number of hydrogen-bond acceptors (Lipinski definition) is 4. The highest BCUT2D eigenvalue weighted by Gasteiger charge is 2.37. The van der Waals surface area contributed by atoms with E-state index in [4.69, 9.17) is 4.74 Å². The van der Waals surface area contributed by atoms with Crippen molar-refractivity contribution in [2.24, 2.45) is 0 Å². The van der Waals surface area contributed by atoms with Crippen LogP contribution in [0.5, 0.6) is 5.75 Å². The summed E-state index contributed by atoms with van der Waals surface area (Å²) in [5, 5.41) is 2.23. The molecule has 0 saturated carbocycles. The molecule has 0 atom stereocenters. The smallest absolute Gasteiger partial charge is 0.335 e. The van der Waals surface area contributed by atoms with Crippen LogP contribution in [0.3, 0.4) is 0 Å². The zero-order chi connectivity index (χ0) is 21.3. The van der Waals surface area contributed by atoms with Gasteiger partial charge < -0.3 is 9.30 Å². The molecule has 2 aromatic carbocycles. The Bertz CT molecular complexity index is 1160. The average Bonchev–Trinajstić information content (AvgIpc) is 3.20. The van der Waals surface area contributed by atoms with Gasteiger partial charge in [-0.2, -0.15) is 0 Å². The van der Waals surface area contributed by atoms with Gasteiger partial charge >= 0.3 is 6.03 Å². The second-order valence-electron chi connectivity index (χ2n) is 6.44. The molecule has 1 saturated heterocycles. The number of amides is 4. The molecule has 3 aromatic rings. The standard InChI is InChI=1S/C22H16BrN3O4/c1-30-18-10-8-16(9-11-18)26-21(28)19(20(27)24-22(26)29)13-17-3-2-12-25(17)15-6-4-14(23)5-7-15/h2-13H,1H3,(H,24,27,29)/b19-13-. The summed E-state index contributed by atoms with van der Waals surface area (Å²) < 4.78 is 7.89. The van der Waals surface area contributed by atoms with E-state index in [-0.39, 0.29) is 5.57 Å². The Labute approximate surface area is 180 Å². The fourth-order valence-corrected chi connectivity index (χ4v) is 3.38. The van der Waals surface area contributed by atoms with Crippen LogP contribution in [0.2, 0.25) is 0 Å². The van der Waals surface area contributed by atoms with Crippen LogP contribution >= 0.6 is 15.9 Å². The lowest BCUT2D eigenvalue weighted by molar-refractivity contribution is -0.122. The van der Waals surface area contributed by atoms with Gasteiger partial charge in [0.15, 0.2) is 0 Å². The first-order chi connectivity index (χ1) is 14.5. The number of urea groups is 1. The number of halogens is 1. The van der Waals surface area contributed by atoms with Crippen LogP contribution in [0.1, 0.15) is 5.69 Å². The van der Waals surface area contributed by atoms with Crippen molar-refractivity contribution in [1.82, 2.24) is 9.88 Å². The molecule has 150 valence electrons. The van der Waals surface area contributed by atoms with E-state index in [0.29, 0.717) is 17.1 Å². The highest BCUT2D eigenvalue weighted by atomic mass is 79.9. The van der Waals surface area contributed by atoms with Crippen LogP contribution in [-0.4, -0.2) is 29.5 Å². The summed E-state index contributed by atoms with van der Waals surface area (Å²) in [6, 6.07) is 16.8. The lowest BCUT2D eigenvalue weighted by Crippen LogP contribution is -2.54. The molecular formula is C22H16BrN3O4. The van der Waals surface area contributed by atoms with Crippen LogP contribution < -0.4 is 15.0 Å². The molecule has 0 unspecified atom stereocenters. The molecule has 1 fully saturated rings. The lowest BCUT2D eigenvalue weighted by Gasteiger charge is -2.26. The summed E-state index contributed by atoms with van der Waals surface area (Å²) in [6.45, 7) is 0. The van der Waals surface area contributed by atoms with Gasteiger partial charge in [-0.3, -0.25) is 14.9 Å². The molecule has 1 aliphatic rings. The number of benzene rings is 2. The number of nitrogens with zero attached hydrogens (tertiary/aromatic N) is 2. The third-order valence-corrected chi connectivity index (χ3v) is 5.14. The highest BCUT2D eigenvalue weighted by molar-refractivity contribution is 9.10. The number of anilines is 1. The number of methoxy groups -OCH3 is 1. The van der Waals surface area contributed by atoms with Crippen LogP contribution in [0, 0.1) is 0 Å². The van der Waals surface area contributed by atoms with E-state index in [2.05, 4.69) is 21.2 Å². The molecule has 7 nitrogen and oxygen atoms in total. The predicted octanol–water partition coefficient (Wildman–Crippen LogP) is 3.91. The van der Waals surface area contributed by atoms with Gasteiger partial charge in [-0.05, 0) is 66.7 Å². The molecule has 0 aliphatic carbocycles. The van der Waals surface area contributed by atoms with Gasteiger partial charge in [-0.1, -0.05) is 15.9 Å². The van der Waals surface area contributed by atoms with E-state index >= 15 is 0 Å². The van der Waals surface area contributed by atoms with Crippen molar-refractivity contribution in [3.05, 3.63) is 82.6 Å². The minimum atomic E-state index is -0.796. The highest BCUT2D eigenvalue weighted by Crippen LogP contribution is 2.25. The Morgan fingerprint density at radius 3 is 2.27 bits per heavy atom. The second-order valence-corrected chi connectivity index (χ2v) is 7.35. The van der Waals surface area contributed by atoms with Crippen LogP contribution in [-0.2, 0) is 9.59 Å². The third kappa shape index (κ3) is 3.65. The third-order valence-electron chi connectivity index (χ3n) is 4.61. The molecule has 8 heteroatoms. The molecule has 0 bridgehead atoms. The number of hydrogen-bond donors (Lipinski definition) is 1. The quantitative estimate of drug-likeness (QED) is 0.467. The van der Waals surface area contributed by atoms with Crippen LogP contribution in [0.25, 0.3) is 11.8 Å².